The van der Waals surface area contributed by atoms with Crippen molar-refractivity contribution in [2.24, 2.45) is 0 Å². The van der Waals surface area contributed by atoms with E-state index in [2.05, 4.69) is 4.74 Å². The number of ether oxygens (including phenoxy) is 2. The molecule has 0 aliphatic carbocycles. The molecule has 0 atom stereocenters. The fourth-order valence-electron chi connectivity index (χ4n) is 0.454. The van der Waals surface area contributed by atoms with Crippen molar-refractivity contribution in [1.29, 1.82) is 0 Å². The Morgan fingerprint density at radius 2 is 2.44 bits per heavy atom. The van der Waals surface area contributed by atoms with Crippen LogP contribution in [0.4, 0.5) is 0 Å². The van der Waals surface area contributed by atoms with Crippen LogP contribution < -0.4 is 0 Å². The van der Waals surface area contributed by atoms with Gasteiger partial charge in [-0.2, -0.15) is 0 Å². The molecule has 50 valence electrons. The van der Waals surface area contributed by atoms with Crippen LogP contribution >= 0.6 is 0 Å². The van der Waals surface area contributed by atoms with Crippen LogP contribution in [0.2, 0.25) is 0 Å². The van der Waals surface area contributed by atoms with Gasteiger partial charge in [0.25, 0.3) is 0 Å². The van der Waals surface area contributed by atoms with Gasteiger partial charge in [0.1, 0.15) is 0 Å². The highest BCUT2D eigenvalue weighted by Gasteiger charge is 2.08. The Kier molecular flexibility index (Phi) is 1.85. The first-order chi connectivity index (χ1) is 4.29. The van der Waals surface area contributed by atoms with Crippen LogP contribution in [0, 0.1) is 0 Å². The third-order valence-electron chi connectivity index (χ3n) is 0.966. The van der Waals surface area contributed by atoms with Crippen molar-refractivity contribution in [1.82, 2.24) is 0 Å². The summed E-state index contributed by atoms with van der Waals surface area (Å²) in [4.78, 5) is 10.2. The number of rotatable bonds is 1. The summed E-state index contributed by atoms with van der Waals surface area (Å²) in [7, 11) is 0. The number of carbonyl (C=O) groups is 1. The minimum atomic E-state index is -0.283. The lowest BCUT2D eigenvalue weighted by Crippen LogP contribution is -2.16. The van der Waals surface area contributed by atoms with Crippen LogP contribution in [0.3, 0.4) is 0 Å². The van der Waals surface area contributed by atoms with Crippen molar-refractivity contribution in [3.8, 4) is 0 Å². The molecule has 0 spiro atoms. The molecule has 0 saturated carbocycles. The fraction of sp³-hybridized carbons (Fsp3) is 0.500. The molecule has 0 aromatic heterocycles. The van der Waals surface area contributed by atoms with Crippen LogP contribution in [-0.4, -0.2) is 19.2 Å². The first kappa shape index (κ1) is 6.29. The SMILES string of the molecule is CC(=O)OC=C1COC1. The largest absolute Gasteiger partial charge is 0.435 e. The molecule has 0 amide bonds. The molecule has 0 unspecified atom stereocenters. The van der Waals surface area contributed by atoms with Crippen molar-refractivity contribution in [2.45, 2.75) is 6.92 Å². The summed E-state index contributed by atoms with van der Waals surface area (Å²) in [6, 6.07) is 0. The molecule has 0 radical (unpaired) electrons. The average Bonchev–Trinajstić information content (AvgIpc) is 1.60. The normalized spacial score (nSPS) is 16.3. The van der Waals surface area contributed by atoms with Crippen molar-refractivity contribution < 1.29 is 14.3 Å². The van der Waals surface area contributed by atoms with Gasteiger partial charge in [-0.25, -0.2) is 0 Å². The van der Waals surface area contributed by atoms with Gasteiger partial charge in [0, 0.05) is 12.5 Å². The lowest BCUT2D eigenvalue weighted by Gasteiger charge is -2.15. The summed E-state index contributed by atoms with van der Waals surface area (Å²) in [6.07, 6.45) is 1.45. The monoisotopic (exact) mass is 128 g/mol. The van der Waals surface area contributed by atoms with Crippen LogP contribution in [0.5, 0.6) is 0 Å². The van der Waals surface area contributed by atoms with E-state index in [0.29, 0.717) is 13.2 Å². The molecule has 1 fully saturated rings. The first-order valence-electron chi connectivity index (χ1n) is 2.72. The van der Waals surface area contributed by atoms with Gasteiger partial charge in [0.05, 0.1) is 19.5 Å². The smallest absolute Gasteiger partial charge is 0.307 e. The maximum absolute atomic E-state index is 10.2. The number of hydrogen-bond donors (Lipinski definition) is 0. The molecular formula is C6H8O3. The van der Waals surface area contributed by atoms with Crippen LogP contribution in [-0.2, 0) is 14.3 Å². The molecule has 0 N–H and O–H groups in total. The molecule has 0 aromatic carbocycles. The summed E-state index contributed by atoms with van der Waals surface area (Å²) in [6.45, 7) is 2.58. The van der Waals surface area contributed by atoms with Gasteiger partial charge in [-0.05, 0) is 0 Å². The lowest BCUT2D eigenvalue weighted by molar-refractivity contribution is -0.135. The Hall–Kier alpha value is -0.830. The van der Waals surface area contributed by atoms with E-state index in [1.807, 2.05) is 0 Å². The van der Waals surface area contributed by atoms with E-state index < -0.39 is 0 Å². The molecule has 1 aliphatic rings. The molecule has 0 aromatic rings. The Labute approximate surface area is 53.3 Å². The van der Waals surface area contributed by atoms with Crippen LogP contribution in [0.15, 0.2) is 11.8 Å². The Morgan fingerprint density at radius 3 is 2.78 bits per heavy atom. The zero-order chi connectivity index (χ0) is 6.69. The summed E-state index contributed by atoms with van der Waals surface area (Å²) < 4.78 is 9.37. The average molecular weight is 128 g/mol. The number of carbonyl (C=O) groups excluding carboxylic acids is 1. The van der Waals surface area contributed by atoms with E-state index in [1.54, 1.807) is 0 Å². The quantitative estimate of drug-likeness (QED) is 0.380. The van der Waals surface area contributed by atoms with Gasteiger partial charge >= 0.3 is 5.97 Å². The summed E-state index contributed by atoms with van der Waals surface area (Å²) in [5.41, 5.74) is 1.03. The summed E-state index contributed by atoms with van der Waals surface area (Å²) in [5.74, 6) is -0.283. The van der Waals surface area contributed by atoms with Gasteiger partial charge in [-0.1, -0.05) is 0 Å². The van der Waals surface area contributed by atoms with Crippen molar-refractivity contribution in [3.05, 3.63) is 11.8 Å². The second-order valence-electron chi connectivity index (χ2n) is 1.88. The van der Waals surface area contributed by atoms with E-state index >= 15 is 0 Å². The summed E-state index contributed by atoms with van der Waals surface area (Å²) in [5, 5.41) is 0. The zero-order valence-corrected chi connectivity index (χ0v) is 5.22. The fourth-order valence-corrected chi connectivity index (χ4v) is 0.454. The Morgan fingerprint density at radius 1 is 1.78 bits per heavy atom. The van der Waals surface area contributed by atoms with Crippen molar-refractivity contribution in [2.75, 3.05) is 13.2 Å². The second kappa shape index (κ2) is 2.64. The third kappa shape index (κ3) is 1.85. The molecule has 0 bridgehead atoms. The van der Waals surface area contributed by atoms with Crippen molar-refractivity contribution in [3.63, 3.8) is 0 Å². The zero-order valence-electron chi connectivity index (χ0n) is 5.22. The molecule has 1 aliphatic heterocycles. The predicted molar refractivity (Wildman–Crippen MR) is 30.7 cm³/mol. The summed E-state index contributed by atoms with van der Waals surface area (Å²) >= 11 is 0. The molecule has 3 heteroatoms. The third-order valence-corrected chi connectivity index (χ3v) is 0.966. The standard InChI is InChI=1S/C6H8O3/c1-5(7)9-4-6-2-8-3-6/h4H,2-3H2,1H3. The number of hydrogen-bond acceptors (Lipinski definition) is 3. The molecule has 1 heterocycles. The van der Waals surface area contributed by atoms with E-state index in [1.165, 1.54) is 13.2 Å². The highest BCUT2D eigenvalue weighted by Crippen LogP contribution is 2.07. The predicted octanol–water partition coefficient (Wildman–Crippen LogP) is 0.464. The second-order valence-corrected chi connectivity index (χ2v) is 1.88. The van der Waals surface area contributed by atoms with Gasteiger partial charge < -0.3 is 9.47 Å². The first-order valence-corrected chi connectivity index (χ1v) is 2.72. The maximum Gasteiger partial charge on any atom is 0.307 e. The molecular weight excluding hydrogens is 120 g/mol. The Bertz CT molecular complexity index is 142. The topological polar surface area (TPSA) is 35.5 Å². The van der Waals surface area contributed by atoms with Crippen LogP contribution in [0.25, 0.3) is 0 Å². The number of esters is 1. The molecule has 3 nitrogen and oxygen atoms in total. The minimum absolute atomic E-state index is 0.283. The van der Waals surface area contributed by atoms with E-state index in [-0.39, 0.29) is 5.97 Å². The van der Waals surface area contributed by atoms with Gasteiger partial charge in [-0.15, -0.1) is 0 Å². The van der Waals surface area contributed by atoms with E-state index in [9.17, 15) is 4.79 Å². The molecule has 9 heavy (non-hydrogen) atoms. The van der Waals surface area contributed by atoms with Crippen molar-refractivity contribution >= 4 is 5.97 Å². The van der Waals surface area contributed by atoms with E-state index in [0.717, 1.165) is 5.57 Å². The molecule has 1 rings (SSSR count). The highest BCUT2D eigenvalue weighted by molar-refractivity contribution is 5.66. The van der Waals surface area contributed by atoms with Gasteiger partial charge in [0.15, 0.2) is 0 Å². The maximum atomic E-state index is 10.2. The minimum Gasteiger partial charge on any atom is -0.435 e. The van der Waals surface area contributed by atoms with Gasteiger partial charge in [-0.3, -0.25) is 4.79 Å². The highest BCUT2D eigenvalue weighted by atomic mass is 16.5. The lowest BCUT2D eigenvalue weighted by atomic mass is 10.3. The van der Waals surface area contributed by atoms with E-state index in [4.69, 9.17) is 4.74 Å². The van der Waals surface area contributed by atoms with Crippen LogP contribution in [0.1, 0.15) is 6.92 Å². The van der Waals surface area contributed by atoms with Gasteiger partial charge in [0.2, 0.25) is 0 Å². The molecule has 1 saturated heterocycles. The Balaban J connectivity index is 2.22.